The van der Waals surface area contributed by atoms with E-state index in [2.05, 4.69) is 40.5 Å². The number of aryl methyl sites for hydroxylation is 1. The van der Waals surface area contributed by atoms with Crippen LogP contribution in [0.2, 0.25) is 0 Å². The molecule has 4 rings (SSSR count). The van der Waals surface area contributed by atoms with Crippen molar-refractivity contribution < 1.29 is 9.59 Å². The molecule has 2 amide bonds. The monoisotopic (exact) mass is 401 g/mol. The molecular formula is C25H27N3O2. The number of primary amides is 1. The molecule has 5 nitrogen and oxygen atoms in total. The molecular weight excluding hydrogens is 374 g/mol. The van der Waals surface area contributed by atoms with Gasteiger partial charge < -0.3 is 16.0 Å². The number of amides is 2. The lowest BCUT2D eigenvalue weighted by atomic mass is 9.96. The summed E-state index contributed by atoms with van der Waals surface area (Å²) in [7, 11) is 0. The van der Waals surface area contributed by atoms with Crippen molar-refractivity contribution in [2.24, 2.45) is 11.7 Å². The summed E-state index contributed by atoms with van der Waals surface area (Å²) < 4.78 is 0. The molecule has 3 N–H and O–H groups in total. The van der Waals surface area contributed by atoms with Crippen LogP contribution in [0, 0.1) is 5.92 Å². The van der Waals surface area contributed by atoms with Gasteiger partial charge in [-0.15, -0.1) is 0 Å². The van der Waals surface area contributed by atoms with Crippen molar-refractivity contribution in [3.05, 3.63) is 72.3 Å². The van der Waals surface area contributed by atoms with E-state index in [1.807, 2.05) is 36.4 Å². The van der Waals surface area contributed by atoms with Gasteiger partial charge >= 0.3 is 0 Å². The third-order valence-electron chi connectivity index (χ3n) is 5.87. The van der Waals surface area contributed by atoms with E-state index in [-0.39, 0.29) is 17.7 Å². The van der Waals surface area contributed by atoms with Crippen molar-refractivity contribution in [3.8, 4) is 0 Å². The number of carbonyl (C=O) groups is 2. The van der Waals surface area contributed by atoms with E-state index in [4.69, 9.17) is 5.73 Å². The highest BCUT2D eigenvalue weighted by Gasteiger charge is 2.23. The third kappa shape index (κ3) is 4.79. The van der Waals surface area contributed by atoms with Gasteiger partial charge in [0.05, 0.1) is 0 Å². The van der Waals surface area contributed by atoms with Crippen LogP contribution >= 0.6 is 0 Å². The fourth-order valence-corrected chi connectivity index (χ4v) is 4.05. The number of nitrogens with two attached hydrogens (primary N) is 1. The van der Waals surface area contributed by atoms with Gasteiger partial charge in [0.25, 0.3) is 0 Å². The van der Waals surface area contributed by atoms with Crippen molar-refractivity contribution in [2.45, 2.75) is 25.7 Å². The molecule has 0 spiro atoms. The highest BCUT2D eigenvalue weighted by atomic mass is 16.2. The molecule has 3 aromatic carbocycles. The Balaban J connectivity index is 1.28. The van der Waals surface area contributed by atoms with Crippen LogP contribution in [0.25, 0.3) is 10.8 Å². The molecule has 1 fully saturated rings. The quantitative estimate of drug-likeness (QED) is 0.653. The number of piperidine rings is 1. The maximum atomic E-state index is 12.4. The first-order valence-electron chi connectivity index (χ1n) is 10.5. The molecule has 1 saturated heterocycles. The average Bonchev–Trinajstić information content (AvgIpc) is 2.78. The molecule has 0 saturated carbocycles. The summed E-state index contributed by atoms with van der Waals surface area (Å²) in [6.07, 6.45) is 2.75. The molecule has 154 valence electrons. The lowest BCUT2D eigenvalue weighted by Gasteiger charge is -2.32. The van der Waals surface area contributed by atoms with Crippen LogP contribution in [0.3, 0.4) is 0 Å². The fourth-order valence-electron chi connectivity index (χ4n) is 4.05. The van der Waals surface area contributed by atoms with Gasteiger partial charge in [0.2, 0.25) is 11.8 Å². The molecule has 0 radical (unpaired) electrons. The maximum Gasteiger partial charge on any atom is 0.224 e. The summed E-state index contributed by atoms with van der Waals surface area (Å²) in [4.78, 5) is 25.9. The zero-order valence-corrected chi connectivity index (χ0v) is 17.0. The Kier molecular flexibility index (Phi) is 5.98. The van der Waals surface area contributed by atoms with Crippen molar-refractivity contribution in [2.75, 3.05) is 23.3 Å². The lowest BCUT2D eigenvalue weighted by molar-refractivity contribution is -0.122. The standard InChI is InChI=1S/C25H27N3O2/c26-25(30)20-13-15-28(16-14-20)23-10-8-22(9-11-23)27-24(29)12-6-18-5-7-19-3-1-2-4-21(19)17-18/h1-5,7-11,17,20H,6,12-16H2,(H2,26,30)(H,27,29). The Bertz CT molecular complexity index is 1040. The van der Waals surface area contributed by atoms with Gasteiger partial charge in [-0.1, -0.05) is 42.5 Å². The fraction of sp³-hybridized carbons (Fsp3) is 0.280. The van der Waals surface area contributed by atoms with E-state index < -0.39 is 0 Å². The van der Waals surface area contributed by atoms with Crippen LogP contribution in [-0.2, 0) is 16.0 Å². The van der Waals surface area contributed by atoms with Crippen molar-refractivity contribution >= 4 is 34.0 Å². The van der Waals surface area contributed by atoms with Gasteiger partial charge in [0.1, 0.15) is 0 Å². The Labute approximate surface area is 176 Å². The molecule has 0 unspecified atom stereocenters. The Morgan fingerprint density at radius 1 is 0.933 bits per heavy atom. The summed E-state index contributed by atoms with van der Waals surface area (Å²) in [5, 5.41) is 5.40. The minimum atomic E-state index is -0.198. The molecule has 0 atom stereocenters. The second kappa shape index (κ2) is 8.99. The summed E-state index contributed by atoms with van der Waals surface area (Å²) in [6.45, 7) is 1.65. The van der Waals surface area contributed by atoms with Crippen LogP contribution in [0.5, 0.6) is 0 Å². The number of nitrogens with zero attached hydrogens (tertiary/aromatic N) is 1. The highest BCUT2D eigenvalue weighted by molar-refractivity contribution is 5.91. The summed E-state index contributed by atoms with van der Waals surface area (Å²) in [5.41, 5.74) is 8.48. The second-order valence-corrected chi connectivity index (χ2v) is 7.94. The number of hydrogen-bond donors (Lipinski definition) is 2. The zero-order chi connectivity index (χ0) is 20.9. The molecule has 3 aromatic rings. The molecule has 30 heavy (non-hydrogen) atoms. The van der Waals surface area contributed by atoms with Crippen LogP contribution in [0.1, 0.15) is 24.8 Å². The summed E-state index contributed by atoms with van der Waals surface area (Å²) in [5.74, 6) is -0.197. The van der Waals surface area contributed by atoms with Crippen LogP contribution in [-0.4, -0.2) is 24.9 Å². The summed E-state index contributed by atoms with van der Waals surface area (Å²) in [6, 6.07) is 22.5. The van der Waals surface area contributed by atoms with E-state index in [1.54, 1.807) is 0 Å². The van der Waals surface area contributed by atoms with Crippen LogP contribution in [0.4, 0.5) is 11.4 Å². The smallest absolute Gasteiger partial charge is 0.224 e. The van der Waals surface area contributed by atoms with Gasteiger partial charge in [-0.3, -0.25) is 9.59 Å². The minimum Gasteiger partial charge on any atom is -0.371 e. The molecule has 5 heteroatoms. The molecule has 1 aliphatic heterocycles. The first-order valence-corrected chi connectivity index (χ1v) is 10.5. The predicted molar refractivity (Wildman–Crippen MR) is 121 cm³/mol. The number of carbonyl (C=O) groups excluding carboxylic acids is 2. The molecule has 1 heterocycles. The van der Waals surface area contributed by atoms with Crippen molar-refractivity contribution in [1.29, 1.82) is 0 Å². The van der Waals surface area contributed by atoms with Crippen molar-refractivity contribution in [1.82, 2.24) is 0 Å². The zero-order valence-electron chi connectivity index (χ0n) is 17.0. The third-order valence-corrected chi connectivity index (χ3v) is 5.87. The van der Waals surface area contributed by atoms with Gasteiger partial charge in [-0.25, -0.2) is 0 Å². The predicted octanol–water partition coefficient (Wildman–Crippen LogP) is 4.11. The van der Waals surface area contributed by atoms with E-state index in [9.17, 15) is 9.59 Å². The SMILES string of the molecule is NC(=O)C1CCN(c2ccc(NC(=O)CCc3ccc4ccccc4c3)cc2)CC1. The highest BCUT2D eigenvalue weighted by Crippen LogP contribution is 2.24. The molecule has 0 aliphatic carbocycles. The average molecular weight is 402 g/mol. The Morgan fingerprint density at radius 2 is 1.63 bits per heavy atom. The number of fused-ring (bicyclic) bond motifs is 1. The number of hydrogen-bond acceptors (Lipinski definition) is 3. The first kappa shape index (κ1) is 20.0. The van der Waals surface area contributed by atoms with Gasteiger partial charge in [-0.2, -0.15) is 0 Å². The van der Waals surface area contributed by atoms with Gasteiger partial charge in [0.15, 0.2) is 0 Å². The lowest BCUT2D eigenvalue weighted by Crippen LogP contribution is -2.38. The second-order valence-electron chi connectivity index (χ2n) is 7.94. The molecule has 0 aromatic heterocycles. The van der Waals surface area contributed by atoms with E-state index in [0.29, 0.717) is 12.8 Å². The number of anilines is 2. The van der Waals surface area contributed by atoms with E-state index in [0.717, 1.165) is 37.3 Å². The normalized spacial score (nSPS) is 14.6. The van der Waals surface area contributed by atoms with E-state index >= 15 is 0 Å². The van der Waals surface area contributed by atoms with Crippen molar-refractivity contribution in [3.63, 3.8) is 0 Å². The first-order chi connectivity index (χ1) is 14.6. The van der Waals surface area contributed by atoms with Crippen LogP contribution in [0.15, 0.2) is 66.7 Å². The topological polar surface area (TPSA) is 75.4 Å². The number of benzene rings is 3. The molecule has 0 bridgehead atoms. The minimum absolute atomic E-state index is 0.0117. The number of nitrogens with one attached hydrogen (secondary N) is 1. The Hall–Kier alpha value is -3.34. The van der Waals surface area contributed by atoms with Gasteiger partial charge in [-0.05, 0) is 59.9 Å². The summed E-state index contributed by atoms with van der Waals surface area (Å²) >= 11 is 0. The van der Waals surface area contributed by atoms with Crippen LogP contribution < -0.4 is 16.0 Å². The largest absolute Gasteiger partial charge is 0.371 e. The maximum absolute atomic E-state index is 12.4. The molecule has 1 aliphatic rings. The number of rotatable bonds is 6. The van der Waals surface area contributed by atoms with Gasteiger partial charge in [0, 0.05) is 36.8 Å². The van der Waals surface area contributed by atoms with E-state index in [1.165, 1.54) is 16.3 Å². The Morgan fingerprint density at radius 3 is 2.33 bits per heavy atom.